The maximum atomic E-state index is 11.3. The summed E-state index contributed by atoms with van der Waals surface area (Å²) >= 11 is 0. The predicted molar refractivity (Wildman–Crippen MR) is 73.0 cm³/mol. The van der Waals surface area contributed by atoms with Gasteiger partial charge in [0, 0.05) is 0 Å². The van der Waals surface area contributed by atoms with E-state index >= 15 is 0 Å². The fourth-order valence-corrected chi connectivity index (χ4v) is 2.10. The zero-order chi connectivity index (χ0) is 13.8. The van der Waals surface area contributed by atoms with E-state index in [1.807, 2.05) is 21.8 Å². The Hall–Kier alpha value is -1.27. The van der Waals surface area contributed by atoms with Gasteiger partial charge in [-0.3, -0.25) is 9.35 Å². The molecule has 5 nitrogen and oxygen atoms in total. The van der Waals surface area contributed by atoms with Crippen LogP contribution < -0.4 is 4.74 Å². The van der Waals surface area contributed by atoms with Crippen LogP contribution in [0.2, 0.25) is 0 Å². The summed E-state index contributed by atoms with van der Waals surface area (Å²) in [4.78, 5) is 11.3. The molecule has 8 heteroatoms. The van der Waals surface area contributed by atoms with Gasteiger partial charge in [-0.1, -0.05) is 24.8 Å². The van der Waals surface area contributed by atoms with E-state index in [0.717, 1.165) is 17.4 Å². The van der Waals surface area contributed by atoms with Crippen LogP contribution in [0.4, 0.5) is 0 Å². The lowest BCUT2D eigenvalue weighted by atomic mass is 9.86. The van der Waals surface area contributed by atoms with Gasteiger partial charge in [0.25, 0.3) is 10.1 Å². The molecule has 0 spiro atoms. The molecule has 1 aromatic rings. The van der Waals surface area contributed by atoms with E-state index in [1.165, 1.54) is 0 Å². The fourth-order valence-electron chi connectivity index (χ4n) is 1.74. The molecule has 0 aliphatic rings. The van der Waals surface area contributed by atoms with E-state index < -0.39 is 21.8 Å². The van der Waals surface area contributed by atoms with Gasteiger partial charge in [0.05, 0.1) is 0 Å². The number of hydrogen-bond donors (Lipinski definition) is 1. The van der Waals surface area contributed by atoms with E-state index in [-0.39, 0.29) is 0 Å². The van der Waals surface area contributed by atoms with Crippen molar-refractivity contribution in [1.82, 2.24) is 0 Å². The zero-order valence-electron chi connectivity index (χ0n) is 10.3. The van der Waals surface area contributed by atoms with Crippen molar-refractivity contribution in [3.63, 3.8) is 0 Å². The summed E-state index contributed by atoms with van der Waals surface area (Å²) in [5, 5.41) is 0. The van der Waals surface area contributed by atoms with Gasteiger partial charge in [-0.25, -0.2) is 0 Å². The molecule has 0 saturated carbocycles. The molecule has 0 amide bonds. The number of ether oxygens (including phenoxy) is 1. The maximum Gasteiger partial charge on any atom is 0.329 e. The van der Waals surface area contributed by atoms with Gasteiger partial charge in [-0.05, 0) is 17.2 Å². The molecular weight excluding hydrogens is 254 g/mol. The van der Waals surface area contributed by atoms with Crippen molar-refractivity contribution in [3.8, 4) is 5.75 Å². The van der Waals surface area contributed by atoms with Gasteiger partial charge >= 0.3 is 5.97 Å². The van der Waals surface area contributed by atoms with Crippen LogP contribution >= 0.6 is 0 Å². The highest BCUT2D eigenvalue weighted by molar-refractivity contribution is 7.86. The molecule has 1 rings (SSSR count). The van der Waals surface area contributed by atoms with Crippen LogP contribution in [0.1, 0.15) is 11.1 Å². The van der Waals surface area contributed by atoms with E-state index in [9.17, 15) is 13.2 Å². The molecule has 0 fully saturated rings. The Morgan fingerprint density at radius 3 is 2.44 bits per heavy atom. The Morgan fingerprint density at radius 2 is 1.94 bits per heavy atom. The van der Waals surface area contributed by atoms with Crippen LogP contribution in [-0.2, 0) is 27.6 Å². The van der Waals surface area contributed by atoms with Crippen molar-refractivity contribution in [3.05, 3.63) is 29.3 Å². The number of rotatable bonds is 5. The van der Waals surface area contributed by atoms with E-state index in [2.05, 4.69) is 0 Å². The Balaban J connectivity index is 2.94. The summed E-state index contributed by atoms with van der Waals surface area (Å²) in [6.07, 6.45) is 1.48. The molecule has 0 aromatic heterocycles. The number of carbonyl (C=O) groups is 1. The van der Waals surface area contributed by atoms with Crippen LogP contribution in [0, 0.1) is 0 Å². The molecule has 0 radical (unpaired) electrons. The van der Waals surface area contributed by atoms with Crippen LogP contribution in [0.15, 0.2) is 18.2 Å². The number of carbonyl (C=O) groups excluding carboxylic acids is 1. The molecule has 0 saturated heterocycles. The van der Waals surface area contributed by atoms with Crippen LogP contribution in [0.3, 0.4) is 0 Å². The van der Waals surface area contributed by atoms with Gasteiger partial charge in [0.15, 0.2) is 5.75 Å². The van der Waals surface area contributed by atoms with E-state index in [1.54, 1.807) is 12.1 Å². The molecule has 1 aromatic carbocycles. The van der Waals surface area contributed by atoms with Gasteiger partial charge in [0.2, 0.25) is 0 Å². The Labute approximate surface area is 108 Å². The average Bonchev–Trinajstić information content (AvgIpc) is 2.25. The van der Waals surface area contributed by atoms with Crippen LogP contribution in [-0.4, -0.2) is 40.4 Å². The fraction of sp³-hybridized carbons (Fsp3) is 0.300. The zero-order valence-corrected chi connectivity index (χ0v) is 11.2. The Morgan fingerprint density at radius 1 is 1.28 bits per heavy atom. The minimum absolute atomic E-state index is 0.352. The summed E-state index contributed by atoms with van der Waals surface area (Å²) in [6, 6.07) is 5.28. The second-order valence-electron chi connectivity index (χ2n) is 3.80. The summed E-state index contributed by atoms with van der Waals surface area (Å²) in [7, 11) is -0.444. The normalized spacial score (nSPS) is 11.2. The second-order valence-corrected chi connectivity index (χ2v) is 5.25. The van der Waals surface area contributed by atoms with Gasteiger partial charge in [-0.15, -0.1) is 0 Å². The maximum absolute atomic E-state index is 11.3. The number of benzene rings is 1. The molecule has 0 heterocycles. The van der Waals surface area contributed by atoms with Gasteiger partial charge < -0.3 is 4.74 Å². The predicted octanol–water partition coefficient (Wildman–Crippen LogP) is -1.25. The first-order valence-corrected chi connectivity index (χ1v) is 7.25. The third-order valence-corrected chi connectivity index (χ3v) is 3.09. The minimum Gasteiger partial charge on any atom is -0.425 e. The lowest BCUT2D eigenvalue weighted by Gasteiger charge is -2.12. The third kappa shape index (κ3) is 4.19. The first kappa shape index (κ1) is 14.8. The molecule has 0 atom stereocenters. The van der Waals surface area contributed by atoms with Crippen LogP contribution in [0.5, 0.6) is 5.75 Å². The van der Waals surface area contributed by atoms with E-state index in [0.29, 0.717) is 12.1 Å². The standard InChI is InChI=1S/C10H14B2O5S/c11-4-7-2-1-3-9(8(7)5-12)17-10(13)6-18(14,15)16/h1-3H,4-6,11-12H2,(H,14,15,16). The Bertz CT molecular complexity index is 541. The highest BCUT2D eigenvalue weighted by Gasteiger charge is 2.17. The monoisotopic (exact) mass is 268 g/mol. The number of hydrogen-bond acceptors (Lipinski definition) is 4. The third-order valence-electron chi connectivity index (χ3n) is 2.49. The first-order valence-electron chi connectivity index (χ1n) is 5.64. The highest BCUT2D eigenvalue weighted by Crippen LogP contribution is 2.22. The molecule has 0 bridgehead atoms. The molecule has 0 aliphatic carbocycles. The topological polar surface area (TPSA) is 80.7 Å². The van der Waals surface area contributed by atoms with Crippen molar-refractivity contribution in [2.45, 2.75) is 12.6 Å². The molecule has 18 heavy (non-hydrogen) atoms. The van der Waals surface area contributed by atoms with Gasteiger partial charge in [0.1, 0.15) is 21.4 Å². The lowest BCUT2D eigenvalue weighted by molar-refractivity contribution is -0.131. The SMILES string of the molecule is BCc1cccc(OC(=O)CS(=O)(=O)O)c1CB. The molecular formula is C10H14B2O5S. The quantitative estimate of drug-likeness (QED) is 0.312. The van der Waals surface area contributed by atoms with E-state index in [4.69, 9.17) is 9.29 Å². The lowest BCUT2D eigenvalue weighted by Crippen LogP contribution is -2.21. The Kier molecular flexibility index (Phi) is 4.98. The largest absolute Gasteiger partial charge is 0.425 e. The molecule has 1 N–H and O–H groups in total. The summed E-state index contributed by atoms with van der Waals surface area (Å²) in [5.74, 6) is -1.67. The van der Waals surface area contributed by atoms with Gasteiger partial charge in [-0.2, -0.15) is 8.42 Å². The minimum atomic E-state index is -4.35. The average molecular weight is 268 g/mol. The second kappa shape index (κ2) is 6.06. The summed E-state index contributed by atoms with van der Waals surface area (Å²) in [6.45, 7) is 0. The van der Waals surface area contributed by atoms with Crippen molar-refractivity contribution in [1.29, 1.82) is 0 Å². The smallest absolute Gasteiger partial charge is 0.329 e. The molecule has 0 aliphatic heterocycles. The molecule has 96 valence electrons. The molecule has 0 unspecified atom stereocenters. The van der Waals surface area contributed by atoms with Crippen molar-refractivity contribution in [2.24, 2.45) is 0 Å². The highest BCUT2D eigenvalue weighted by atomic mass is 32.2. The van der Waals surface area contributed by atoms with Crippen LogP contribution in [0.25, 0.3) is 0 Å². The van der Waals surface area contributed by atoms with Crippen molar-refractivity contribution >= 4 is 31.8 Å². The van der Waals surface area contributed by atoms with Crippen molar-refractivity contribution < 1.29 is 22.5 Å². The summed E-state index contributed by atoms with van der Waals surface area (Å²) < 4.78 is 34.7. The summed E-state index contributed by atoms with van der Waals surface area (Å²) in [5.41, 5.74) is 1.93. The first-order chi connectivity index (χ1) is 8.37. The van der Waals surface area contributed by atoms with Crippen molar-refractivity contribution in [2.75, 3.05) is 5.75 Å². The number of esters is 1.